The van der Waals surface area contributed by atoms with Crippen molar-refractivity contribution in [3.8, 4) is 5.75 Å². The summed E-state index contributed by atoms with van der Waals surface area (Å²) in [6.45, 7) is 1.77. The molecule has 0 bridgehead atoms. The lowest BCUT2D eigenvalue weighted by Gasteiger charge is -2.18. The van der Waals surface area contributed by atoms with E-state index in [-0.39, 0.29) is 17.5 Å². The molecule has 2 rings (SSSR count). The van der Waals surface area contributed by atoms with E-state index in [1.807, 2.05) is 6.07 Å². The minimum atomic E-state index is -0.320. The highest BCUT2D eigenvalue weighted by Crippen LogP contribution is 2.31. The van der Waals surface area contributed by atoms with Crippen LogP contribution < -0.4 is 5.73 Å². The maximum atomic E-state index is 11.4. The van der Waals surface area contributed by atoms with Gasteiger partial charge in [-0.25, -0.2) is 0 Å². The topological polar surface area (TPSA) is 63.3 Å². The highest BCUT2D eigenvalue weighted by molar-refractivity contribution is 6.01. The fourth-order valence-electron chi connectivity index (χ4n) is 1.74. The summed E-state index contributed by atoms with van der Waals surface area (Å²) in [5.74, 6) is -0.150. The van der Waals surface area contributed by atoms with Crippen molar-refractivity contribution in [2.75, 3.05) is 0 Å². The Morgan fingerprint density at radius 1 is 1.25 bits per heavy atom. The van der Waals surface area contributed by atoms with Gasteiger partial charge >= 0.3 is 0 Å². The Morgan fingerprint density at radius 2 is 1.94 bits per heavy atom. The normalized spacial score (nSPS) is 20.3. The molecule has 3 heteroatoms. The molecule has 1 aliphatic rings. The van der Waals surface area contributed by atoms with Crippen LogP contribution in [0.5, 0.6) is 5.75 Å². The molecule has 0 aliphatic heterocycles. The first-order valence-electron chi connectivity index (χ1n) is 5.11. The Labute approximate surface area is 93.9 Å². The highest BCUT2D eigenvalue weighted by atomic mass is 16.3. The van der Waals surface area contributed by atoms with Crippen LogP contribution >= 0.6 is 0 Å². The lowest BCUT2D eigenvalue weighted by Crippen LogP contribution is -2.21. The average Bonchev–Trinajstić information content (AvgIpc) is 2.28. The number of hydrogen-bond donors (Lipinski definition) is 2. The number of ketones is 1. The van der Waals surface area contributed by atoms with E-state index in [1.165, 1.54) is 6.08 Å². The van der Waals surface area contributed by atoms with Crippen LogP contribution in [0, 0.1) is 5.92 Å². The van der Waals surface area contributed by atoms with Crippen molar-refractivity contribution in [1.82, 2.24) is 0 Å². The predicted octanol–water partition coefficient (Wildman–Crippen LogP) is 1.84. The molecule has 3 N–H and O–H groups in total. The number of allylic oxidation sites excluding steroid dienone is 4. The molecule has 0 saturated heterocycles. The van der Waals surface area contributed by atoms with Crippen molar-refractivity contribution in [3.63, 3.8) is 0 Å². The quantitative estimate of drug-likeness (QED) is 0.751. The van der Waals surface area contributed by atoms with E-state index in [0.29, 0.717) is 11.3 Å². The van der Waals surface area contributed by atoms with E-state index < -0.39 is 0 Å². The van der Waals surface area contributed by atoms with E-state index in [1.54, 1.807) is 31.2 Å². The van der Waals surface area contributed by atoms with Crippen LogP contribution in [0.4, 0.5) is 0 Å². The minimum Gasteiger partial charge on any atom is -0.507 e. The Bertz CT molecular complexity index is 500. The molecule has 3 nitrogen and oxygen atoms in total. The van der Waals surface area contributed by atoms with Gasteiger partial charge in [0.15, 0.2) is 5.78 Å². The number of carbonyl (C=O) groups is 1. The predicted molar refractivity (Wildman–Crippen MR) is 62.5 cm³/mol. The van der Waals surface area contributed by atoms with Gasteiger partial charge in [-0.1, -0.05) is 18.2 Å². The molecule has 0 fully saturated rings. The highest BCUT2D eigenvalue weighted by Gasteiger charge is 2.21. The van der Waals surface area contributed by atoms with Gasteiger partial charge in [0, 0.05) is 16.8 Å². The third-order valence-electron chi connectivity index (χ3n) is 2.81. The van der Waals surface area contributed by atoms with Crippen LogP contribution in [0.2, 0.25) is 0 Å². The van der Waals surface area contributed by atoms with Crippen molar-refractivity contribution >= 4 is 11.4 Å². The van der Waals surface area contributed by atoms with Crippen LogP contribution in [0.15, 0.2) is 42.1 Å². The van der Waals surface area contributed by atoms with Crippen LogP contribution in [0.3, 0.4) is 0 Å². The number of carbonyl (C=O) groups excluding carboxylic acids is 1. The molecule has 0 heterocycles. The maximum Gasteiger partial charge on any atom is 0.164 e. The summed E-state index contributed by atoms with van der Waals surface area (Å²) in [6.07, 6.45) is 3.16. The monoisotopic (exact) mass is 215 g/mol. The summed E-state index contributed by atoms with van der Waals surface area (Å²) in [4.78, 5) is 11.4. The second-order valence-corrected chi connectivity index (χ2v) is 3.84. The Kier molecular flexibility index (Phi) is 2.52. The first-order chi connectivity index (χ1) is 7.61. The van der Waals surface area contributed by atoms with Gasteiger partial charge in [-0.05, 0) is 25.1 Å². The molecule has 0 radical (unpaired) electrons. The number of rotatable bonds is 1. The summed E-state index contributed by atoms with van der Waals surface area (Å²) in [5, 5.41) is 9.72. The Hall–Kier alpha value is -2.03. The fourth-order valence-corrected chi connectivity index (χ4v) is 1.74. The molecule has 1 aliphatic carbocycles. The average molecular weight is 215 g/mol. The summed E-state index contributed by atoms with van der Waals surface area (Å²) < 4.78 is 0. The van der Waals surface area contributed by atoms with Crippen molar-refractivity contribution in [2.24, 2.45) is 11.7 Å². The lowest BCUT2D eigenvalue weighted by atomic mass is 9.89. The third kappa shape index (κ3) is 1.60. The van der Waals surface area contributed by atoms with Crippen molar-refractivity contribution in [2.45, 2.75) is 6.92 Å². The van der Waals surface area contributed by atoms with E-state index in [4.69, 9.17) is 5.73 Å². The number of nitrogens with two attached hydrogens (primary N) is 1. The van der Waals surface area contributed by atoms with Gasteiger partial charge in [-0.2, -0.15) is 0 Å². The van der Waals surface area contributed by atoms with Gasteiger partial charge in [0.1, 0.15) is 5.75 Å². The van der Waals surface area contributed by atoms with Crippen molar-refractivity contribution in [3.05, 3.63) is 47.7 Å². The van der Waals surface area contributed by atoms with Crippen LogP contribution in [-0.4, -0.2) is 10.9 Å². The summed E-state index contributed by atoms with van der Waals surface area (Å²) in [5.41, 5.74) is 7.81. The SMILES string of the molecule is CC1C(=O)C=CC(c2ccccc2O)=C1N. The van der Waals surface area contributed by atoms with Gasteiger partial charge in [0.2, 0.25) is 0 Å². The summed E-state index contributed by atoms with van der Waals surface area (Å²) >= 11 is 0. The second kappa shape index (κ2) is 3.85. The molecule has 82 valence electrons. The Balaban J connectivity index is 2.54. The first-order valence-corrected chi connectivity index (χ1v) is 5.11. The van der Waals surface area contributed by atoms with Gasteiger partial charge in [0.25, 0.3) is 0 Å². The number of para-hydroxylation sites is 1. The van der Waals surface area contributed by atoms with Crippen molar-refractivity contribution < 1.29 is 9.90 Å². The maximum absolute atomic E-state index is 11.4. The molecule has 1 aromatic rings. The lowest BCUT2D eigenvalue weighted by molar-refractivity contribution is -0.116. The largest absolute Gasteiger partial charge is 0.507 e. The number of benzene rings is 1. The van der Waals surface area contributed by atoms with E-state index in [9.17, 15) is 9.90 Å². The molecule has 0 saturated carbocycles. The molecule has 16 heavy (non-hydrogen) atoms. The minimum absolute atomic E-state index is 0.00308. The first kappa shape index (κ1) is 10.5. The number of aromatic hydroxyl groups is 1. The third-order valence-corrected chi connectivity index (χ3v) is 2.81. The number of hydrogen-bond acceptors (Lipinski definition) is 3. The van der Waals surface area contributed by atoms with E-state index >= 15 is 0 Å². The standard InChI is InChI=1S/C13H13NO2/c1-8-11(15)7-6-10(13(8)14)9-4-2-3-5-12(9)16/h2-8,16H,14H2,1H3. The van der Waals surface area contributed by atoms with Crippen LogP contribution in [0.1, 0.15) is 12.5 Å². The second-order valence-electron chi connectivity index (χ2n) is 3.84. The fraction of sp³-hybridized carbons (Fsp3) is 0.154. The van der Waals surface area contributed by atoms with E-state index in [0.717, 1.165) is 5.57 Å². The molecule has 0 amide bonds. The number of phenols is 1. The smallest absolute Gasteiger partial charge is 0.164 e. The molecular formula is C13H13NO2. The molecule has 1 aromatic carbocycles. The molecular weight excluding hydrogens is 202 g/mol. The zero-order chi connectivity index (χ0) is 11.7. The van der Waals surface area contributed by atoms with Crippen LogP contribution in [-0.2, 0) is 4.79 Å². The van der Waals surface area contributed by atoms with Gasteiger partial charge in [-0.3, -0.25) is 4.79 Å². The molecule has 0 aromatic heterocycles. The summed E-state index contributed by atoms with van der Waals surface area (Å²) in [6, 6.07) is 6.95. The zero-order valence-electron chi connectivity index (χ0n) is 8.97. The molecule has 1 atom stereocenters. The van der Waals surface area contributed by atoms with E-state index in [2.05, 4.69) is 0 Å². The summed E-state index contributed by atoms with van der Waals surface area (Å²) in [7, 11) is 0. The van der Waals surface area contributed by atoms with Gasteiger partial charge in [0.05, 0.1) is 5.92 Å². The van der Waals surface area contributed by atoms with Crippen LogP contribution in [0.25, 0.3) is 5.57 Å². The van der Waals surface area contributed by atoms with Crippen molar-refractivity contribution in [1.29, 1.82) is 0 Å². The molecule has 1 unspecified atom stereocenters. The van der Waals surface area contributed by atoms with Gasteiger partial charge in [-0.15, -0.1) is 0 Å². The Morgan fingerprint density at radius 3 is 2.62 bits per heavy atom. The number of phenolic OH excluding ortho intramolecular Hbond substituents is 1. The zero-order valence-corrected chi connectivity index (χ0v) is 8.97. The molecule has 0 spiro atoms. The van der Waals surface area contributed by atoms with Gasteiger partial charge < -0.3 is 10.8 Å².